The number of aliphatic hydroxyl groups excluding tert-OH is 1. The zero-order chi connectivity index (χ0) is 21.5. The van der Waals surface area contributed by atoms with Gasteiger partial charge in [-0.1, -0.05) is 81.4 Å². The molecule has 29 heavy (non-hydrogen) atoms. The van der Waals surface area contributed by atoms with E-state index in [0.717, 1.165) is 10.4 Å². The molecule has 2 aromatic rings. The Morgan fingerprint density at radius 2 is 1.41 bits per heavy atom. The van der Waals surface area contributed by atoms with Crippen LogP contribution in [0.25, 0.3) is 0 Å². The maximum absolute atomic E-state index is 12.6. The Morgan fingerprint density at radius 3 is 1.79 bits per heavy atom. The third-order valence-electron chi connectivity index (χ3n) is 4.97. The van der Waals surface area contributed by atoms with E-state index in [0.29, 0.717) is 0 Å². The van der Waals surface area contributed by atoms with Crippen LogP contribution >= 0.6 is 0 Å². The molecule has 0 saturated heterocycles. The van der Waals surface area contributed by atoms with Gasteiger partial charge in [-0.25, -0.2) is 0 Å². The molecule has 2 N–H and O–H groups in total. The molecule has 0 saturated carbocycles. The van der Waals surface area contributed by atoms with E-state index in [2.05, 4.69) is 50.4 Å². The van der Waals surface area contributed by atoms with Gasteiger partial charge in [0.2, 0.25) is 0 Å². The lowest BCUT2D eigenvalue weighted by Crippen LogP contribution is -2.67. The van der Waals surface area contributed by atoms with E-state index in [-0.39, 0.29) is 18.2 Å². The molecule has 1 atom stereocenters. The van der Waals surface area contributed by atoms with Crippen LogP contribution in [-0.4, -0.2) is 45.4 Å². The van der Waals surface area contributed by atoms with Crippen molar-refractivity contribution in [1.29, 1.82) is 0 Å². The number of aliphatic hydroxyl groups is 1. The summed E-state index contributed by atoms with van der Waals surface area (Å²) in [7, 11) is -2.70. The van der Waals surface area contributed by atoms with Gasteiger partial charge in [-0.05, 0) is 15.4 Å². The van der Waals surface area contributed by atoms with Crippen LogP contribution in [0, 0.1) is 0 Å². The number of alkyl halides is 3. The molecule has 0 aliphatic heterocycles. The summed E-state index contributed by atoms with van der Waals surface area (Å²) in [5.74, 6) is 0. The summed E-state index contributed by atoms with van der Waals surface area (Å²) < 4.78 is 44.4. The summed E-state index contributed by atoms with van der Waals surface area (Å²) in [6.07, 6.45) is -5.39. The first-order valence-electron chi connectivity index (χ1n) is 9.76. The SMILES string of the molecule is CC(C)(C)[Si](OCCN[C@H](CO)CC(F)(F)F)(c1ccccc1)c1ccccc1. The number of hydrogen-bond acceptors (Lipinski definition) is 3. The standard InChI is InChI=1S/C22H30F3NO2Si/c1-21(2,3)29(19-10-6-4-7-11-19,20-12-8-5-9-13-20)28-15-14-26-18(17-27)16-22(23,24)25/h4-13,18,26-27H,14-17H2,1-3H3/t18-/m0/s1. The molecule has 0 bridgehead atoms. The van der Waals surface area contributed by atoms with Crippen molar-refractivity contribution in [3.05, 3.63) is 60.7 Å². The van der Waals surface area contributed by atoms with Gasteiger partial charge in [0.05, 0.1) is 13.0 Å². The van der Waals surface area contributed by atoms with Gasteiger partial charge in [-0.15, -0.1) is 0 Å². The second kappa shape index (κ2) is 9.89. The topological polar surface area (TPSA) is 41.5 Å². The minimum Gasteiger partial charge on any atom is -0.406 e. The highest BCUT2D eigenvalue weighted by Crippen LogP contribution is 2.36. The lowest BCUT2D eigenvalue weighted by atomic mass is 10.2. The Labute approximate surface area is 172 Å². The summed E-state index contributed by atoms with van der Waals surface area (Å²) >= 11 is 0. The van der Waals surface area contributed by atoms with Gasteiger partial charge >= 0.3 is 6.18 Å². The molecule has 0 aromatic heterocycles. The van der Waals surface area contributed by atoms with Gasteiger partial charge < -0.3 is 14.8 Å². The minimum absolute atomic E-state index is 0.196. The Hall–Kier alpha value is -1.67. The van der Waals surface area contributed by atoms with Gasteiger partial charge in [0.15, 0.2) is 0 Å². The molecule has 0 aliphatic carbocycles. The van der Waals surface area contributed by atoms with E-state index >= 15 is 0 Å². The molecular formula is C22H30F3NO2Si. The third-order valence-corrected chi connectivity index (χ3v) is 10.0. The molecule has 3 nitrogen and oxygen atoms in total. The average molecular weight is 426 g/mol. The first kappa shape index (κ1) is 23.6. The van der Waals surface area contributed by atoms with Crippen molar-refractivity contribution >= 4 is 18.7 Å². The summed E-state index contributed by atoms with van der Waals surface area (Å²) in [4.78, 5) is 0. The fourth-order valence-electron chi connectivity index (χ4n) is 3.71. The molecule has 0 spiro atoms. The van der Waals surface area contributed by atoms with Crippen LogP contribution in [0.3, 0.4) is 0 Å². The molecule has 0 fully saturated rings. The van der Waals surface area contributed by atoms with E-state index in [1.54, 1.807) is 0 Å². The summed E-state index contributed by atoms with van der Waals surface area (Å²) in [6.45, 7) is 6.35. The number of nitrogens with one attached hydrogen (secondary N) is 1. The van der Waals surface area contributed by atoms with Crippen LogP contribution in [0.2, 0.25) is 5.04 Å². The predicted molar refractivity (Wildman–Crippen MR) is 113 cm³/mol. The smallest absolute Gasteiger partial charge is 0.390 e. The zero-order valence-corrected chi connectivity index (χ0v) is 18.2. The summed E-state index contributed by atoms with van der Waals surface area (Å²) in [6, 6.07) is 19.1. The lowest BCUT2D eigenvalue weighted by molar-refractivity contribution is -0.142. The van der Waals surface area contributed by atoms with E-state index in [1.807, 2.05) is 36.4 Å². The largest absolute Gasteiger partial charge is 0.406 e. The van der Waals surface area contributed by atoms with E-state index < -0.39 is 33.6 Å². The Balaban J connectivity index is 2.25. The Kier molecular flexibility index (Phi) is 8.05. The van der Waals surface area contributed by atoms with Gasteiger partial charge in [-0.2, -0.15) is 13.2 Å². The van der Waals surface area contributed by atoms with Crippen molar-refractivity contribution in [2.75, 3.05) is 19.8 Å². The highest BCUT2D eigenvalue weighted by molar-refractivity contribution is 6.99. The van der Waals surface area contributed by atoms with Crippen molar-refractivity contribution in [1.82, 2.24) is 5.32 Å². The predicted octanol–water partition coefficient (Wildman–Crippen LogP) is 3.47. The van der Waals surface area contributed by atoms with Crippen LogP contribution in [0.5, 0.6) is 0 Å². The quantitative estimate of drug-likeness (QED) is 0.478. The molecular weight excluding hydrogens is 395 g/mol. The fraction of sp³-hybridized carbons (Fsp3) is 0.455. The van der Waals surface area contributed by atoms with Crippen LogP contribution in [0.4, 0.5) is 13.2 Å². The number of hydrogen-bond donors (Lipinski definition) is 2. The fourth-order valence-corrected chi connectivity index (χ4v) is 8.27. The number of benzene rings is 2. The second-order valence-electron chi connectivity index (χ2n) is 8.16. The molecule has 0 heterocycles. The maximum atomic E-state index is 12.6. The maximum Gasteiger partial charge on any atom is 0.390 e. The molecule has 2 rings (SSSR count). The first-order chi connectivity index (χ1) is 13.6. The Bertz CT molecular complexity index is 694. The normalized spacial score (nSPS) is 14.0. The highest BCUT2D eigenvalue weighted by Gasteiger charge is 2.50. The molecule has 0 unspecified atom stereocenters. The lowest BCUT2D eigenvalue weighted by Gasteiger charge is -2.43. The average Bonchev–Trinajstić information content (AvgIpc) is 2.66. The van der Waals surface area contributed by atoms with Crippen molar-refractivity contribution in [2.45, 2.75) is 44.4 Å². The molecule has 160 valence electrons. The van der Waals surface area contributed by atoms with Gasteiger partial charge in [0, 0.05) is 19.2 Å². The molecule has 0 amide bonds. The highest BCUT2D eigenvalue weighted by atomic mass is 28.4. The van der Waals surface area contributed by atoms with Crippen LogP contribution in [-0.2, 0) is 4.43 Å². The second-order valence-corrected chi connectivity index (χ2v) is 12.5. The molecule has 0 aliphatic rings. The number of halogens is 3. The monoisotopic (exact) mass is 425 g/mol. The zero-order valence-electron chi connectivity index (χ0n) is 17.2. The van der Waals surface area contributed by atoms with Crippen LogP contribution in [0.1, 0.15) is 27.2 Å². The van der Waals surface area contributed by atoms with Crippen molar-refractivity contribution < 1.29 is 22.7 Å². The minimum atomic E-state index is -4.32. The van der Waals surface area contributed by atoms with E-state index in [4.69, 9.17) is 4.43 Å². The molecule has 0 radical (unpaired) electrons. The summed E-state index contributed by atoms with van der Waals surface area (Å²) in [5.41, 5.74) is 0. The van der Waals surface area contributed by atoms with E-state index in [9.17, 15) is 18.3 Å². The molecule has 2 aromatic carbocycles. The van der Waals surface area contributed by atoms with Crippen LogP contribution in [0.15, 0.2) is 60.7 Å². The van der Waals surface area contributed by atoms with E-state index in [1.165, 1.54) is 0 Å². The van der Waals surface area contributed by atoms with Crippen molar-refractivity contribution in [3.8, 4) is 0 Å². The molecule has 7 heteroatoms. The van der Waals surface area contributed by atoms with Crippen LogP contribution < -0.4 is 15.7 Å². The van der Waals surface area contributed by atoms with Crippen molar-refractivity contribution in [3.63, 3.8) is 0 Å². The van der Waals surface area contributed by atoms with Gasteiger partial charge in [-0.3, -0.25) is 0 Å². The first-order valence-corrected chi connectivity index (χ1v) is 11.7. The Morgan fingerprint density at radius 1 is 0.931 bits per heavy atom. The van der Waals surface area contributed by atoms with Crippen molar-refractivity contribution in [2.24, 2.45) is 0 Å². The summed E-state index contributed by atoms with van der Waals surface area (Å²) in [5, 5.41) is 14.1. The number of rotatable bonds is 9. The van der Waals surface area contributed by atoms with Gasteiger partial charge in [0.25, 0.3) is 8.32 Å². The van der Waals surface area contributed by atoms with Gasteiger partial charge in [0.1, 0.15) is 0 Å². The third kappa shape index (κ3) is 6.15.